The van der Waals surface area contributed by atoms with E-state index in [1.807, 2.05) is 36.4 Å². The smallest absolute Gasteiger partial charge is 0.363 e. The van der Waals surface area contributed by atoms with Crippen molar-refractivity contribution in [2.75, 3.05) is 10.6 Å². The second-order valence-electron chi connectivity index (χ2n) is 8.13. The Morgan fingerprint density at radius 2 is 1.71 bits per heavy atom. The molecule has 0 spiro atoms. The van der Waals surface area contributed by atoms with Gasteiger partial charge in [-0.05, 0) is 24.6 Å². The van der Waals surface area contributed by atoms with Gasteiger partial charge in [-0.2, -0.15) is 23.4 Å². The summed E-state index contributed by atoms with van der Waals surface area (Å²) in [5, 5.41) is 14.2. The lowest BCUT2D eigenvalue weighted by Gasteiger charge is -2.33. The van der Waals surface area contributed by atoms with E-state index in [1.54, 1.807) is 41.9 Å². The molecule has 0 saturated carbocycles. The zero-order chi connectivity index (χ0) is 23.9. The second kappa shape index (κ2) is 8.36. The molecule has 174 valence electrons. The fourth-order valence-corrected chi connectivity index (χ4v) is 4.12. The third-order valence-corrected chi connectivity index (χ3v) is 5.70. The minimum absolute atomic E-state index is 0.121. The summed E-state index contributed by atoms with van der Waals surface area (Å²) in [6.07, 6.45) is -4.75. The number of carbonyl (C=O) groups is 1. The molecule has 0 unspecified atom stereocenters. The van der Waals surface area contributed by atoms with Crippen molar-refractivity contribution in [2.24, 2.45) is 0 Å². The van der Waals surface area contributed by atoms with Crippen LogP contribution in [0.25, 0.3) is 5.69 Å². The van der Waals surface area contributed by atoms with Gasteiger partial charge in [-0.1, -0.05) is 48.5 Å². The highest BCUT2D eigenvalue weighted by molar-refractivity contribution is 6.03. The van der Waals surface area contributed by atoms with E-state index >= 15 is 0 Å². The first-order chi connectivity index (χ1) is 16.3. The number of fused-ring (bicyclic) bond motifs is 1. The average Bonchev–Trinajstić information content (AvgIpc) is 3.42. The van der Waals surface area contributed by atoms with Crippen molar-refractivity contribution in [1.82, 2.24) is 19.6 Å². The average molecular weight is 466 g/mol. The van der Waals surface area contributed by atoms with Crippen LogP contribution in [0.4, 0.5) is 24.8 Å². The minimum atomic E-state index is -4.52. The Morgan fingerprint density at radius 3 is 2.38 bits per heavy atom. The van der Waals surface area contributed by atoms with Gasteiger partial charge in [0.25, 0.3) is 5.91 Å². The predicted molar refractivity (Wildman–Crippen MR) is 121 cm³/mol. The van der Waals surface area contributed by atoms with E-state index < -0.39 is 24.2 Å². The summed E-state index contributed by atoms with van der Waals surface area (Å²) >= 11 is 0. The number of rotatable bonds is 4. The van der Waals surface area contributed by atoms with Crippen LogP contribution in [0.1, 0.15) is 40.3 Å². The van der Waals surface area contributed by atoms with E-state index in [9.17, 15) is 18.0 Å². The SMILES string of the molecule is Cc1cc(NC(=O)c2cc3n(n2)[C@H](C(F)(F)F)C[C@@H](c2ccccc2)N3)n(-c2ccccc2)n1. The van der Waals surface area contributed by atoms with Crippen molar-refractivity contribution in [3.63, 3.8) is 0 Å². The standard InChI is InChI=1S/C24H21F3N6O/c1-15-12-21(32(30-15)17-10-6-3-7-11-17)29-23(34)19-14-22-28-18(16-8-4-2-5-9-16)13-20(24(25,26)27)33(22)31-19/h2-12,14,18,20,28H,13H2,1H3,(H,29,34)/t18-,20-/m0/s1. The number of aryl methyl sites for hydroxylation is 1. The number of halogens is 3. The summed E-state index contributed by atoms with van der Waals surface area (Å²) < 4.78 is 44.1. The molecule has 5 rings (SSSR count). The molecule has 10 heteroatoms. The number of hydrogen-bond acceptors (Lipinski definition) is 4. The largest absolute Gasteiger partial charge is 0.410 e. The Morgan fingerprint density at radius 1 is 1.03 bits per heavy atom. The number of aromatic nitrogens is 4. The number of anilines is 2. The van der Waals surface area contributed by atoms with Gasteiger partial charge in [0.15, 0.2) is 11.7 Å². The molecule has 4 aromatic rings. The van der Waals surface area contributed by atoms with Crippen molar-refractivity contribution in [1.29, 1.82) is 0 Å². The lowest BCUT2D eigenvalue weighted by molar-refractivity contribution is -0.173. The van der Waals surface area contributed by atoms with Gasteiger partial charge in [0.05, 0.1) is 17.4 Å². The van der Waals surface area contributed by atoms with Crippen molar-refractivity contribution in [3.05, 3.63) is 89.7 Å². The third-order valence-electron chi connectivity index (χ3n) is 5.70. The Kier molecular flexibility index (Phi) is 5.35. The molecule has 0 bridgehead atoms. The summed E-state index contributed by atoms with van der Waals surface area (Å²) in [5.74, 6) is -0.0968. The summed E-state index contributed by atoms with van der Waals surface area (Å²) in [7, 11) is 0. The van der Waals surface area contributed by atoms with Crippen LogP contribution in [0, 0.1) is 6.92 Å². The molecule has 1 amide bonds. The van der Waals surface area contributed by atoms with E-state index in [-0.39, 0.29) is 17.9 Å². The summed E-state index contributed by atoms with van der Waals surface area (Å²) in [5.41, 5.74) is 2.02. The number of carbonyl (C=O) groups excluding carboxylic acids is 1. The van der Waals surface area contributed by atoms with Gasteiger partial charge in [0.2, 0.25) is 0 Å². The molecule has 34 heavy (non-hydrogen) atoms. The van der Waals surface area contributed by atoms with E-state index in [1.165, 1.54) is 6.07 Å². The summed E-state index contributed by atoms with van der Waals surface area (Å²) in [6, 6.07) is 18.7. The molecule has 0 radical (unpaired) electrons. The van der Waals surface area contributed by atoms with Crippen LogP contribution in [0.5, 0.6) is 0 Å². The monoisotopic (exact) mass is 466 g/mol. The van der Waals surface area contributed by atoms with Crippen LogP contribution in [0.2, 0.25) is 0 Å². The number of amides is 1. The number of alkyl halides is 3. The molecule has 0 aliphatic carbocycles. The molecule has 2 aromatic heterocycles. The fourth-order valence-electron chi connectivity index (χ4n) is 4.12. The van der Waals surface area contributed by atoms with Crippen LogP contribution in [-0.4, -0.2) is 31.6 Å². The second-order valence-corrected chi connectivity index (χ2v) is 8.13. The molecule has 2 atom stereocenters. The Labute approximate surface area is 193 Å². The molecule has 1 aliphatic rings. The van der Waals surface area contributed by atoms with Gasteiger partial charge < -0.3 is 10.6 Å². The highest BCUT2D eigenvalue weighted by atomic mass is 19.4. The van der Waals surface area contributed by atoms with Gasteiger partial charge in [0.1, 0.15) is 11.6 Å². The zero-order valence-corrected chi connectivity index (χ0v) is 18.1. The molecule has 2 N–H and O–H groups in total. The molecule has 1 aliphatic heterocycles. The van der Waals surface area contributed by atoms with Crippen LogP contribution in [0.3, 0.4) is 0 Å². The highest BCUT2D eigenvalue weighted by Gasteiger charge is 2.46. The number of nitrogens with one attached hydrogen (secondary N) is 2. The lowest BCUT2D eigenvalue weighted by atomic mass is 9.97. The van der Waals surface area contributed by atoms with Gasteiger partial charge in [0, 0.05) is 18.6 Å². The Balaban J connectivity index is 1.45. The number of para-hydroxylation sites is 1. The Hall–Kier alpha value is -4.08. The highest BCUT2D eigenvalue weighted by Crippen LogP contribution is 2.43. The van der Waals surface area contributed by atoms with Gasteiger partial charge in [-0.25, -0.2) is 9.36 Å². The number of benzene rings is 2. The Bertz CT molecular complexity index is 1310. The molecule has 2 aromatic carbocycles. The van der Waals surface area contributed by atoms with Crippen molar-refractivity contribution < 1.29 is 18.0 Å². The van der Waals surface area contributed by atoms with E-state index in [0.29, 0.717) is 11.5 Å². The van der Waals surface area contributed by atoms with Gasteiger partial charge in [-0.15, -0.1) is 0 Å². The first-order valence-electron chi connectivity index (χ1n) is 10.7. The first kappa shape index (κ1) is 21.7. The van der Waals surface area contributed by atoms with E-state index in [0.717, 1.165) is 15.9 Å². The van der Waals surface area contributed by atoms with E-state index in [4.69, 9.17) is 0 Å². The molecule has 0 saturated heterocycles. The zero-order valence-electron chi connectivity index (χ0n) is 18.1. The van der Waals surface area contributed by atoms with Crippen LogP contribution in [0.15, 0.2) is 72.8 Å². The maximum atomic E-state index is 13.9. The topological polar surface area (TPSA) is 76.8 Å². The molecule has 0 fully saturated rings. The minimum Gasteiger partial charge on any atom is -0.363 e. The first-order valence-corrected chi connectivity index (χ1v) is 10.7. The lowest BCUT2D eigenvalue weighted by Crippen LogP contribution is -2.35. The maximum Gasteiger partial charge on any atom is 0.410 e. The number of hydrogen-bond donors (Lipinski definition) is 2. The van der Waals surface area contributed by atoms with Crippen LogP contribution in [-0.2, 0) is 0 Å². The van der Waals surface area contributed by atoms with Crippen LogP contribution >= 0.6 is 0 Å². The molecule has 3 heterocycles. The van der Waals surface area contributed by atoms with Crippen molar-refractivity contribution >= 4 is 17.5 Å². The third kappa shape index (κ3) is 4.14. The van der Waals surface area contributed by atoms with Gasteiger partial charge >= 0.3 is 6.18 Å². The molecule has 7 nitrogen and oxygen atoms in total. The summed E-state index contributed by atoms with van der Waals surface area (Å²) in [6.45, 7) is 1.78. The maximum absolute atomic E-state index is 13.9. The van der Waals surface area contributed by atoms with Crippen molar-refractivity contribution in [2.45, 2.75) is 31.6 Å². The quantitative estimate of drug-likeness (QED) is 0.429. The fraction of sp³-hybridized carbons (Fsp3) is 0.208. The molecular weight excluding hydrogens is 445 g/mol. The van der Waals surface area contributed by atoms with Gasteiger partial charge in [-0.3, -0.25) is 4.79 Å². The van der Waals surface area contributed by atoms with Crippen molar-refractivity contribution in [3.8, 4) is 5.69 Å². The van der Waals surface area contributed by atoms with Crippen LogP contribution < -0.4 is 10.6 Å². The predicted octanol–water partition coefficient (Wildman–Crippen LogP) is 5.29. The summed E-state index contributed by atoms with van der Waals surface area (Å²) in [4.78, 5) is 13.0. The van der Waals surface area contributed by atoms with E-state index in [2.05, 4.69) is 20.8 Å². The normalized spacial score (nSPS) is 17.6. The molecular formula is C24H21F3N6O. The number of nitrogens with zero attached hydrogens (tertiary/aromatic N) is 4.